The molecule has 0 saturated carbocycles. The third-order valence-electron chi connectivity index (χ3n) is 3.92. The fourth-order valence-corrected chi connectivity index (χ4v) is 5.16. The largest absolute Gasteiger partial charge is 0.392 e. The van der Waals surface area contributed by atoms with E-state index >= 15 is 0 Å². The lowest BCUT2D eigenvalue weighted by Crippen LogP contribution is -2.40. The van der Waals surface area contributed by atoms with Gasteiger partial charge in [-0.15, -0.1) is 0 Å². The topological polar surface area (TPSA) is 57.6 Å². The van der Waals surface area contributed by atoms with E-state index in [1.54, 1.807) is 4.31 Å². The average molecular weight is 293 g/mol. The highest BCUT2D eigenvalue weighted by atomic mass is 32.2. The van der Waals surface area contributed by atoms with Crippen LogP contribution < -0.4 is 0 Å². The highest BCUT2D eigenvalue weighted by molar-refractivity contribution is 8.00. The van der Waals surface area contributed by atoms with Gasteiger partial charge in [0.2, 0.25) is 10.0 Å². The molecule has 106 valence electrons. The molecule has 0 bridgehead atoms. The van der Waals surface area contributed by atoms with E-state index in [2.05, 4.69) is 0 Å². The standard InChI is InChI=1S/C12H23NO3S2/c1-18(15,16)13-6-2-4-10(9-13)8-11(14)12-5-3-7-17-12/h10-12,14H,2-9H2,1H3. The number of rotatable bonds is 4. The van der Waals surface area contributed by atoms with Gasteiger partial charge in [0.05, 0.1) is 12.4 Å². The molecule has 0 aromatic heterocycles. The molecule has 3 atom stereocenters. The minimum absolute atomic E-state index is 0.262. The van der Waals surface area contributed by atoms with Gasteiger partial charge in [0.25, 0.3) is 0 Å². The van der Waals surface area contributed by atoms with Gasteiger partial charge in [0.15, 0.2) is 0 Å². The van der Waals surface area contributed by atoms with Crippen LogP contribution in [0.15, 0.2) is 0 Å². The zero-order chi connectivity index (χ0) is 13.2. The highest BCUT2D eigenvalue weighted by Gasteiger charge is 2.30. The Morgan fingerprint density at radius 3 is 2.78 bits per heavy atom. The van der Waals surface area contributed by atoms with Crippen LogP contribution in [0.25, 0.3) is 0 Å². The van der Waals surface area contributed by atoms with Crippen LogP contribution in [0.3, 0.4) is 0 Å². The number of piperidine rings is 1. The Kier molecular flexibility index (Phi) is 4.97. The first-order valence-electron chi connectivity index (χ1n) is 6.71. The van der Waals surface area contributed by atoms with E-state index in [1.165, 1.54) is 12.7 Å². The third-order valence-corrected chi connectivity index (χ3v) is 6.69. The van der Waals surface area contributed by atoms with Gasteiger partial charge in [-0.3, -0.25) is 0 Å². The molecule has 2 aliphatic heterocycles. The van der Waals surface area contributed by atoms with Gasteiger partial charge in [-0.2, -0.15) is 11.8 Å². The van der Waals surface area contributed by atoms with Crippen LogP contribution in [0.5, 0.6) is 0 Å². The van der Waals surface area contributed by atoms with Crippen molar-refractivity contribution in [2.75, 3.05) is 25.1 Å². The second-order valence-electron chi connectivity index (χ2n) is 5.48. The summed E-state index contributed by atoms with van der Waals surface area (Å²) in [7, 11) is -3.07. The van der Waals surface area contributed by atoms with Gasteiger partial charge in [-0.25, -0.2) is 12.7 Å². The zero-order valence-electron chi connectivity index (χ0n) is 10.9. The highest BCUT2D eigenvalue weighted by Crippen LogP contribution is 2.32. The first-order valence-corrected chi connectivity index (χ1v) is 9.61. The molecule has 1 N–H and O–H groups in total. The third kappa shape index (κ3) is 3.85. The number of hydrogen-bond acceptors (Lipinski definition) is 4. The van der Waals surface area contributed by atoms with Crippen molar-refractivity contribution >= 4 is 21.8 Å². The van der Waals surface area contributed by atoms with E-state index in [9.17, 15) is 13.5 Å². The Morgan fingerprint density at radius 2 is 2.17 bits per heavy atom. The Hall–Kier alpha value is 0.220. The molecule has 4 nitrogen and oxygen atoms in total. The van der Waals surface area contributed by atoms with Crippen molar-refractivity contribution in [2.45, 2.75) is 43.5 Å². The predicted molar refractivity (Wildman–Crippen MR) is 75.2 cm³/mol. The van der Waals surface area contributed by atoms with E-state index in [1.807, 2.05) is 11.8 Å². The summed E-state index contributed by atoms with van der Waals surface area (Å²) in [6.45, 7) is 1.23. The first kappa shape index (κ1) is 14.6. The lowest BCUT2D eigenvalue weighted by molar-refractivity contribution is 0.119. The van der Waals surface area contributed by atoms with Crippen LogP contribution in [0.4, 0.5) is 0 Å². The maximum atomic E-state index is 11.5. The molecule has 2 saturated heterocycles. The summed E-state index contributed by atoms with van der Waals surface area (Å²) in [6.07, 6.45) is 6.04. The maximum absolute atomic E-state index is 11.5. The molecule has 6 heteroatoms. The normalized spacial score (nSPS) is 32.6. The summed E-state index contributed by atoms with van der Waals surface area (Å²) in [4.78, 5) is 0. The number of nitrogens with zero attached hydrogens (tertiary/aromatic N) is 1. The van der Waals surface area contributed by atoms with Crippen LogP contribution in [0, 0.1) is 5.92 Å². The number of sulfonamides is 1. The minimum atomic E-state index is -3.07. The lowest BCUT2D eigenvalue weighted by atomic mass is 9.92. The van der Waals surface area contributed by atoms with Gasteiger partial charge in [0.1, 0.15) is 0 Å². The number of aliphatic hydroxyl groups is 1. The summed E-state index contributed by atoms with van der Waals surface area (Å²) in [6, 6.07) is 0. The van der Waals surface area contributed by atoms with Crippen LogP contribution in [0.2, 0.25) is 0 Å². The van der Waals surface area contributed by atoms with Crippen molar-refractivity contribution in [1.29, 1.82) is 0 Å². The molecule has 2 fully saturated rings. The summed E-state index contributed by atoms with van der Waals surface area (Å²) in [5.74, 6) is 1.48. The molecular weight excluding hydrogens is 270 g/mol. The Balaban J connectivity index is 1.85. The molecule has 2 rings (SSSR count). The molecule has 2 aliphatic rings. The molecule has 18 heavy (non-hydrogen) atoms. The van der Waals surface area contributed by atoms with E-state index in [-0.39, 0.29) is 6.10 Å². The molecule has 0 aliphatic carbocycles. The predicted octanol–water partition coefficient (Wildman–Crippen LogP) is 1.30. The monoisotopic (exact) mass is 293 g/mol. The second-order valence-corrected chi connectivity index (χ2v) is 8.81. The van der Waals surface area contributed by atoms with Gasteiger partial charge in [-0.1, -0.05) is 0 Å². The van der Waals surface area contributed by atoms with Crippen molar-refractivity contribution in [3.05, 3.63) is 0 Å². The summed E-state index contributed by atoms with van der Waals surface area (Å²) < 4.78 is 24.6. The van der Waals surface area contributed by atoms with Crippen molar-refractivity contribution in [3.63, 3.8) is 0 Å². The van der Waals surface area contributed by atoms with Gasteiger partial charge < -0.3 is 5.11 Å². The van der Waals surface area contributed by atoms with Crippen LogP contribution >= 0.6 is 11.8 Å². The number of hydrogen-bond donors (Lipinski definition) is 1. The molecular formula is C12H23NO3S2. The molecule has 0 radical (unpaired) electrons. The Bertz CT molecular complexity index is 366. The molecule has 2 heterocycles. The van der Waals surface area contributed by atoms with Crippen molar-refractivity contribution < 1.29 is 13.5 Å². The van der Waals surface area contributed by atoms with Crippen molar-refractivity contribution in [1.82, 2.24) is 4.31 Å². The SMILES string of the molecule is CS(=O)(=O)N1CCCC(CC(O)C2CCCS2)C1. The van der Waals surface area contributed by atoms with E-state index in [0.717, 1.165) is 31.4 Å². The quantitative estimate of drug-likeness (QED) is 0.849. The van der Waals surface area contributed by atoms with Crippen LogP contribution in [0.1, 0.15) is 32.1 Å². The lowest BCUT2D eigenvalue weighted by Gasteiger charge is -2.32. The molecule has 0 amide bonds. The van der Waals surface area contributed by atoms with Gasteiger partial charge >= 0.3 is 0 Å². The van der Waals surface area contributed by atoms with Crippen LogP contribution in [-0.4, -0.2) is 54.3 Å². The summed E-state index contributed by atoms with van der Waals surface area (Å²) >= 11 is 1.86. The minimum Gasteiger partial charge on any atom is -0.392 e. The van der Waals surface area contributed by atoms with Gasteiger partial charge in [-0.05, 0) is 43.8 Å². The number of thioether (sulfide) groups is 1. The number of aliphatic hydroxyl groups excluding tert-OH is 1. The molecule has 0 aromatic carbocycles. The van der Waals surface area contributed by atoms with Crippen molar-refractivity contribution in [2.24, 2.45) is 5.92 Å². The van der Waals surface area contributed by atoms with E-state index in [4.69, 9.17) is 0 Å². The van der Waals surface area contributed by atoms with E-state index < -0.39 is 10.0 Å². The van der Waals surface area contributed by atoms with Gasteiger partial charge in [0, 0.05) is 18.3 Å². The fourth-order valence-electron chi connectivity index (χ4n) is 2.92. The molecule has 0 spiro atoms. The average Bonchev–Trinajstić information content (AvgIpc) is 2.81. The Morgan fingerprint density at radius 1 is 1.39 bits per heavy atom. The Labute approximate surface area is 114 Å². The summed E-state index contributed by atoms with van der Waals surface area (Å²) in [5.41, 5.74) is 0. The molecule has 3 unspecified atom stereocenters. The second kappa shape index (κ2) is 6.11. The smallest absolute Gasteiger partial charge is 0.211 e. The molecule has 0 aromatic rings. The van der Waals surface area contributed by atoms with Crippen LogP contribution in [-0.2, 0) is 10.0 Å². The summed E-state index contributed by atoms with van der Waals surface area (Å²) in [5, 5.41) is 10.6. The fraction of sp³-hybridized carbons (Fsp3) is 1.00. The maximum Gasteiger partial charge on any atom is 0.211 e. The zero-order valence-corrected chi connectivity index (χ0v) is 12.5. The first-order chi connectivity index (χ1) is 8.47. The van der Waals surface area contributed by atoms with Crippen molar-refractivity contribution in [3.8, 4) is 0 Å². The van der Waals surface area contributed by atoms with E-state index in [0.29, 0.717) is 24.3 Å².